The summed E-state index contributed by atoms with van der Waals surface area (Å²) in [4.78, 5) is 12.0. The first-order valence-corrected chi connectivity index (χ1v) is 8.86. The van der Waals surface area contributed by atoms with Crippen molar-refractivity contribution in [2.45, 2.75) is 51.8 Å². The summed E-state index contributed by atoms with van der Waals surface area (Å²) in [5.74, 6) is 0.887. The molecule has 3 rings (SSSR count). The van der Waals surface area contributed by atoms with E-state index in [4.69, 9.17) is 4.74 Å². The summed E-state index contributed by atoms with van der Waals surface area (Å²) in [6.07, 6.45) is 6.90. The molecular formula is C19H26N4O2. The summed E-state index contributed by atoms with van der Waals surface area (Å²) in [7, 11) is 1.89. The van der Waals surface area contributed by atoms with Crippen LogP contribution in [0.3, 0.4) is 0 Å². The van der Waals surface area contributed by atoms with Gasteiger partial charge in [-0.15, -0.1) is 0 Å². The molecule has 1 aromatic carbocycles. The van der Waals surface area contributed by atoms with Gasteiger partial charge in [0, 0.05) is 31.4 Å². The molecule has 0 saturated heterocycles. The highest BCUT2D eigenvalue weighted by molar-refractivity contribution is 5.73. The molecule has 2 N–H and O–H groups in total. The van der Waals surface area contributed by atoms with E-state index >= 15 is 0 Å². The quantitative estimate of drug-likeness (QED) is 0.848. The molecule has 6 heteroatoms. The predicted molar refractivity (Wildman–Crippen MR) is 96.3 cm³/mol. The third-order valence-corrected chi connectivity index (χ3v) is 4.73. The molecule has 0 spiro atoms. The molecule has 2 amide bonds. The van der Waals surface area contributed by atoms with Gasteiger partial charge in [0.25, 0.3) is 0 Å². The first-order valence-electron chi connectivity index (χ1n) is 8.86. The smallest absolute Gasteiger partial charge is 0.315 e. The number of carbonyl (C=O) groups excluding carboxylic acids is 1. The lowest BCUT2D eigenvalue weighted by molar-refractivity contribution is 0.209. The average Bonchev–Trinajstić information content (AvgIpc) is 3.23. The molecule has 0 aliphatic heterocycles. The number of amides is 2. The van der Waals surface area contributed by atoms with Crippen molar-refractivity contribution in [3.05, 3.63) is 47.3 Å². The number of aryl methyl sites for hydroxylation is 1. The minimum atomic E-state index is -0.189. The van der Waals surface area contributed by atoms with E-state index in [0.29, 0.717) is 19.2 Å². The summed E-state index contributed by atoms with van der Waals surface area (Å²) in [6, 6.07) is 7.76. The van der Waals surface area contributed by atoms with Crippen LogP contribution in [0.5, 0.6) is 5.75 Å². The topological polar surface area (TPSA) is 68.2 Å². The Morgan fingerprint density at radius 1 is 1.28 bits per heavy atom. The van der Waals surface area contributed by atoms with E-state index in [1.54, 1.807) is 10.9 Å². The Balaban J connectivity index is 1.46. The summed E-state index contributed by atoms with van der Waals surface area (Å²) < 4.78 is 7.80. The van der Waals surface area contributed by atoms with E-state index in [1.807, 2.05) is 38.2 Å². The molecule has 1 heterocycles. The van der Waals surface area contributed by atoms with Crippen molar-refractivity contribution in [3.63, 3.8) is 0 Å². The maximum Gasteiger partial charge on any atom is 0.315 e. The van der Waals surface area contributed by atoms with Gasteiger partial charge in [-0.1, -0.05) is 12.1 Å². The molecule has 1 aliphatic carbocycles. The van der Waals surface area contributed by atoms with Crippen LogP contribution >= 0.6 is 0 Å². The van der Waals surface area contributed by atoms with Crippen LogP contribution in [-0.4, -0.2) is 21.9 Å². The number of benzene rings is 1. The monoisotopic (exact) mass is 342 g/mol. The number of aromatic nitrogens is 2. The van der Waals surface area contributed by atoms with Gasteiger partial charge in [-0.3, -0.25) is 4.68 Å². The van der Waals surface area contributed by atoms with Gasteiger partial charge >= 0.3 is 6.03 Å². The molecule has 0 bridgehead atoms. The van der Waals surface area contributed by atoms with Crippen LogP contribution in [0.25, 0.3) is 0 Å². The largest absolute Gasteiger partial charge is 0.490 e. The van der Waals surface area contributed by atoms with Crippen molar-refractivity contribution in [1.82, 2.24) is 20.4 Å². The summed E-state index contributed by atoms with van der Waals surface area (Å²) in [6.45, 7) is 2.92. The van der Waals surface area contributed by atoms with Crippen LogP contribution in [0, 0.1) is 6.92 Å². The number of nitrogens with zero attached hydrogens (tertiary/aromatic N) is 2. The maximum atomic E-state index is 12.0. The minimum absolute atomic E-state index is 0.189. The second kappa shape index (κ2) is 8.05. The molecule has 134 valence electrons. The fraction of sp³-hybridized carbons (Fsp3) is 0.474. The number of urea groups is 1. The second-order valence-corrected chi connectivity index (χ2v) is 6.59. The number of rotatable bonds is 6. The Labute approximate surface area is 148 Å². The highest BCUT2D eigenvalue weighted by atomic mass is 16.5. The van der Waals surface area contributed by atoms with Gasteiger partial charge in [0.2, 0.25) is 0 Å². The highest BCUT2D eigenvalue weighted by Crippen LogP contribution is 2.24. The van der Waals surface area contributed by atoms with Crippen LogP contribution in [0.2, 0.25) is 0 Å². The standard InChI is InChI=1S/C19H26N4O2/c1-14-16(13-22-23(14)2)12-21-19(24)20-11-15-6-5-9-18(10-15)25-17-7-3-4-8-17/h5-6,9-10,13,17H,3-4,7-8,11-12H2,1-2H3,(H2,20,21,24). The van der Waals surface area contributed by atoms with Crippen LogP contribution in [0.4, 0.5) is 4.79 Å². The van der Waals surface area contributed by atoms with Gasteiger partial charge < -0.3 is 15.4 Å². The van der Waals surface area contributed by atoms with Crippen LogP contribution in [0.1, 0.15) is 42.5 Å². The molecule has 6 nitrogen and oxygen atoms in total. The van der Waals surface area contributed by atoms with Gasteiger partial charge in [-0.2, -0.15) is 5.10 Å². The van der Waals surface area contributed by atoms with Gasteiger partial charge in [-0.25, -0.2) is 4.79 Å². The van der Waals surface area contributed by atoms with Crippen LogP contribution in [-0.2, 0) is 20.1 Å². The lowest BCUT2D eigenvalue weighted by Crippen LogP contribution is -2.34. The molecule has 1 aromatic heterocycles. The van der Waals surface area contributed by atoms with Crippen molar-refractivity contribution < 1.29 is 9.53 Å². The third-order valence-electron chi connectivity index (χ3n) is 4.73. The summed E-state index contributed by atoms with van der Waals surface area (Å²) in [5, 5.41) is 9.92. The molecular weight excluding hydrogens is 316 g/mol. The van der Waals surface area contributed by atoms with Crippen molar-refractivity contribution in [3.8, 4) is 5.75 Å². The molecule has 1 fully saturated rings. The number of ether oxygens (including phenoxy) is 1. The first-order chi connectivity index (χ1) is 12.1. The second-order valence-electron chi connectivity index (χ2n) is 6.59. The van der Waals surface area contributed by atoms with E-state index in [-0.39, 0.29) is 6.03 Å². The zero-order valence-corrected chi connectivity index (χ0v) is 14.9. The Morgan fingerprint density at radius 3 is 2.76 bits per heavy atom. The third kappa shape index (κ3) is 4.75. The molecule has 0 radical (unpaired) electrons. The number of hydrogen-bond donors (Lipinski definition) is 2. The highest BCUT2D eigenvalue weighted by Gasteiger charge is 2.16. The SMILES string of the molecule is Cc1c(CNC(=O)NCc2cccc(OC3CCCC3)c2)cnn1C. The molecule has 0 unspecified atom stereocenters. The van der Waals surface area contributed by atoms with Crippen molar-refractivity contribution >= 4 is 6.03 Å². The van der Waals surface area contributed by atoms with Crippen molar-refractivity contribution in [1.29, 1.82) is 0 Å². The fourth-order valence-corrected chi connectivity index (χ4v) is 3.07. The zero-order chi connectivity index (χ0) is 17.6. The normalized spacial score (nSPS) is 14.5. The van der Waals surface area contributed by atoms with E-state index in [9.17, 15) is 4.79 Å². The summed E-state index contributed by atoms with van der Waals surface area (Å²) >= 11 is 0. The Bertz CT molecular complexity index is 720. The Kier molecular flexibility index (Phi) is 5.58. The van der Waals surface area contributed by atoms with E-state index < -0.39 is 0 Å². The number of hydrogen-bond acceptors (Lipinski definition) is 3. The first kappa shape index (κ1) is 17.3. The molecule has 25 heavy (non-hydrogen) atoms. The maximum absolute atomic E-state index is 12.0. The summed E-state index contributed by atoms with van der Waals surface area (Å²) in [5.41, 5.74) is 3.10. The zero-order valence-electron chi connectivity index (χ0n) is 14.9. The van der Waals surface area contributed by atoms with Gasteiger partial charge in [0.1, 0.15) is 5.75 Å². The van der Waals surface area contributed by atoms with Gasteiger partial charge in [0.05, 0.1) is 12.3 Å². The van der Waals surface area contributed by atoms with Crippen LogP contribution in [0.15, 0.2) is 30.5 Å². The fourth-order valence-electron chi connectivity index (χ4n) is 3.07. The average molecular weight is 342 g/mol. The lowest BCUT2D eigenvalue weighted by Gasteiger charge is -2.14. The molecule has 2 aromatic rings. The van der Waals surface area contributed by atoms with Gasteiger partial charge in [0.15, 0.2) is 0 Å². The molecule has 0 atom stereocenters. The van der Waals surface area contributed by atoms with Crippen molar-refractivity contribution in [2.24, 2.45) is 7.05 Å². The van der Waals surface area contributed by atoms with E-state index in [1.165, 1.54) is 12.8 Å². The van der Waals surface area contributed by atoms with Crippen LogP contribution < -0.4 is 15.4 Å². The van der Waals surface area contributed by atoms with Crippen molar-refractivity contribution in [2.75, 3.05) is 0 Å². The predicted octanol–water partition coefficient (Wildman–Crippen LogP) is 3.05. The molecule has 1 aliphatic rings. The number of carbonyl (C=O) groups is 1. The van der Waals surface area contributed by atoms with E-state index in [0.717, 1.165) is 35.4 Å². The number of nitrogens with one attached hydrogen (secondary N) is 2. The lowest BCUT2D eigenvalue weighted by atomic mass is 10.2. The molecule has 1 saturated carbocycles. The minimum Gasteiger partial charge on any atom is -0.490 e. The Hall–Kier alpha value is -2.50. The van der Waals surface area contributed by atoms with E-state index in [2.05, 4.69) is 15.7 Å². The Morgan fingerprint density at radius 2 is 2.04 bits per heavy atom. The van der Waals surface area contributed by atoms with Gasteiger partial charge in [-0.05, 0) is 50.3 Å².